The highest BCUT2D eigenvalue weighted by Crippen LogP contribution is 2.26. The number of nitrogen functional groups attached to an aromatic ring is 1. The van der Waals surface area contributed by atoms with E-state index in [4.69, 9.17) is 10.7 Å². The number of rotatable bonds is 3. The molecular weight excluding hydrogens is 513 g/mol. The quantitative estimate of drug-likeness (QED) is 0.359. The second kappa shape index (κ2) is 7.13. The molecule has 0 saturated carbocycles. The molecule has 0 bridgehead atoms. The zero-order chi connectivity index (χ0) is 21.0. The monoisotopic (exact) mass is 529 g/mol. The van der Waals surface area contributed by atoms with Crippen LogP contribution in [0.5, 0.6) is 0 Å². The number of fused-ring (bicyclic) bond motifs is 2. The number of thiophene rings is 1. The minimum absolute atomic E-state index is 0.0802. The Morgan fingerprint density at radius 2 is 1.93 bits per heavy atom. The van der Waals surface area contributed by atoms with Crippen molar-refractivity contribution in [1.82, 2.24) is 29.3 Å². The second-order valence-electron chi connectivity index (χ2n) is 6.96. The predicted molar refractivity (Wildman–Crippen MR) is 126 cm³/mol. The number of nitrogens with zero attached hydrogens (tertiary/aromatic N) is 6. The average molecular weight is 529 g/mol. The maximum Gasteiger partial charge on any atom is 0.267 e. The van der Waals surface area contributed by atoms with Crippen LogP contribution in [0.25, 0.3) is 26.9 Å². The molecule has 4 aromatic heterocycles. The third kappa shape index (κ3) is 2.89. The van der Waals surface area contributed by atoms with Gasteiger partial charge in [-0.1, -0.05) is 18.2 Å². The molecule has 0 fully saturated rings. The van der Waals surface area contributed by atoms with Gasteiger partial charge in [0.15, 0.2) is 5.65 Å². The van der Waals surface area contributed by atoms with Crippen molar-refractivity contribution in [3.63, 3.8) is 0 Å². The summed E-state index contributed by atoms with van der Waals surface area (Å²) in [5, 5.41) is 7.91. The van der Waals surface area contributed by atoms with Gasteiger partial charge in [0.2, 0.25) is 0 Å². The van der Waals surface area contributed by atoms with Gasteiger partial charge in [-0.25, -0.2) is 19.6 Å². The molecule has 2 N–H and O–H groups in total. The van der Waals surface area contributed by atoms with Gasteiger partial charge in [0, 0.05) is 0 Å². The van der Waals surface area contributed by atoms with E-state index < -0.39 is 0 Å². The van der Waals surface area contributed by atoms with E-state index in [1.54, 1.807) is 9.25 Å². The number of benzene rings is 1. The number of hydrogen-bond donors (Lipinski definition) is 1. The van der Waals surface area contributed by atoms with Crippen LogP contribution in [0.15, 0.2) is 40.8 Å². The molecule has 0 aliphatic rings. The topological polar surface area (TPSA) is 105 Å². The lowest BCUT2D eigenvalue weighted by Gasteiger charge is -2.15. The van der Waals surface area contributed by atoms with Crippen molar-refractivity contribution < 1.29 is 0 Å². The van der Waals surface area contributed by atoms with Crippen molar-refractivity contribution in [3.05, 3.63) is 67.0 Å². The SMILES string of the molecule is Cc1ccccc1-n1c(Cn2nc(I)c3c(N)ncnc32)nc2scc(C)c2c1=O. The fraction of sp³-hybridized carbons (Fsp3) is 0.150. The van der Waals surface area contributed by atoms with Crippen LogP contribution in [0.1, 0.15) is 17.0 Å². The third-order valence-corrected chi connectivity index (χ3v) is 6.77. The summed E-state index contributed by atoms with van der Waals surface area (Å²) < 4.78 is 4.11. The Hall–Kier alpha value is -2.86. The highest BCUT2D eigenvalue weighted by molar-refractivity contribution is 14.1. The first kappa shape index (κ1) is 19.1. The van der Waals surface area contributed by atoms with Crippen molar-refractivity contribution in [2.75, 3.05) is 5.73 Å². The molecular formula is C20H16IN7OS. The second-order valence-corrected chi connectivity index (χ2v) is 8.84. The predicted octanol–water partition coefficient (Wildman–Crippen LogP) is 3.44. The van der Waals surface area contributed by atoms with Crippen molar-refractivity contribution >= 4 is 61.0 Å². The van der Waals surface area contributed by atoms with Gasteiger partial charge in [0.1, 0.15) is 33.0 Å². The van der Waals surface area contributed by atoms with Crippen LogP contribution in [0.2, 0.25) is 0 Å². The number of para-hydroxylation sites is 1. The summed E-state index contributed by atoms with van der Waals surface area (Å²) in [7, 11) is 0. The Labute approximate surface area is 188 Å². The van der Waals surface area contributed by atoms with Crippen LogP contribution in [0, 0.1) is 17.5 Å². The van der Waals surface area contributed by atoms with Crippen LogP contribution in [-0.4, -0.2) is 29.3 Å². The Morgan fingerprint density at radius 1 is 1.13 bits per heavy atom. The summed E-state index contributed by atoms with van der Waals surface area (Å²) in [6.07, 6.45) is 1.42. The lowest BCUT2D eigenvalue weighted by atomic mass is 10.2. The first-order valence-corrected chi connectivity index (χ1v) is 11.1. The molecule has 0 atom stereocenters. The Bertz CT molecular complexity index is 1500. The number of anilines is 1. The smallest absolute Gasteiger partial charge is 0.267 e. The fourth-order valence-electron chi connectivity index (χ4n) is 3.57. The molecule has 0 spiro atoms. The first-order chi connectivity index (χ1) is 14.5. The molecule has 0 radical (unpaired) electrons. The number of hydrogen-bond acceptors (Lipinski definition) is 7. The highest BCUT2D eigenvalue weighted by atomic mass is 127. The molecule has 5 rings (SSSR count). The Kier molecular flexibility index (Phi) is 4.54. The standard InChI is InChI=1S/C20H16IN7OS/c1-10-5-3-4-6-12(10)28-13(25-19-14(20(28)29)11(2)8-30-19)7-27-18-15(16(21)26-27)17(22)23-9-24-18/h3-6,8-9H,7H2,1-2H3,(H2,22,23,24). The largest absolute Gasteiger partial charge is 0.383 e. The van der Waals surface area contributed by atoms with E-state index in [1.165, 1.54) is 17.7 Å². The maximum atomic E-state index is 13.5. The van der Waals surface area contributed by atoms with E-state index in [2.05, 4.69) is 37.7 Å². The van der Waals surface area contributed by atoms with Crippen LogP contribution < -0.4 is 11.3 Å². The molecule has 8 nitrogen and oxygen atoms in total. The van der Waals surface area contributed by atoms with Crippen molar-refractivity contribution in [3.8, 4) is 5.69 Å². The lowest BCUT2D eigenvalue weighted by molar-refractivity contribution is 0.645. The van der Waals surface area contributed by atoms with E-state index in [0.29, 0.717) is 31.8 Å². The normalized spacial score (nSPS) is 11.6. The number of nitrogens with two attached hydrogens (primary N) is 1. The van der Waals surface area contributed by atoms with E-state index in [1.807, 2.05) is 43.5 Å². The Balaban J connectivity index is 1.80. The lowest BCUT2D eigenvalue weighted by Crippen LogP contribution is -2.26. The van der Waals surface area contributed by atoms with Gasteiger partial charge in [-0.05, 0) is 59.0 Å². The van der Waals surface area contributed by atoms with Gasteiger partial charge in [0.05, 0.1) is 16.5 Å². The number of aryl methyl sites for hydroxylation is 2. The minimum atomic E-state index is -0.0802. The van der Waals surface area contributed by atoms with E-state index in [0.717, 1.165) is 21.6 Å². The molecule has 5 aromatic rings. The average Bonchev–Trinajstić information content (AvgIpc) is 3.24. The summed E-state index contributed by atoms with van der Waals surface area (Å²) in [5.41, 5.74) is 9.28. The molecule has 0 aliphatic carbocycles. The minimum Gasteiger partial charge on any atom is -0.383 e. The van der Waals surface area contributed by atoms with Crippen LogP contribution in [-0.2, 0) is 6.54 Å². The summed E-state index contributed by atoms with van der Waals surface area (Å²) in [4.78, 5) is 27.5. The van der Waals surface area contributed by atoms with Crippen molar-refractivity contribution in [2.24, 2.45) is 0 Å². The molecule has 10 heteroatoms. The summed E-state index contributed by atoms with van der Waals surface area (Å²) in [6.45, 7) is 4.19. The number of aromatic nitrogens is 6. The molecule has 1 aromatic carbocycles. The van der Waals surface area contributed by atoms with Gasteiger partial charge in [-0.2, -0.15) is 5.10 Å². The van der Waals surface area contributed by atoms with Gasteiger partial charge < -0.3 is 5.73 Å². The summed E-state index contributed by atoms with van der Waals surface area (Å²) in [6, 6.07) is 7.79. The van der Waals surface area contributed by atoms with E-state index >= 15 is 0 Å². The van der Waals surface area contributed by atoms with E-state index in [9.17, 15) is 4.79 Å². The van der Waals surface area contributed by atoms with Crippen molar-refractivity contribution in [1.29, 1.82) is 0 Å². The van der Waals surface area contributed by atoms with Gasteiger partial charge in [-0.15, -0.1) is 11.3 Å². The van der Waals surface area contributed by atoms with Crippen LogP contribution >= 0.6 is 33.9 Å². The zero-order valence-corrected chi connectivity index (χ0v) is 19.1. The van der Waals surface area contributed by atoms with Crippen LogP contribution in [0.4, 0.5) is 5.82 Å². The molecule has 150 valence electrons. The van der Waals surface area contributed by atoms with Crippen LogP contribution in [0.3, 0.4) is 0 Å². The molecule has 4 heterocycles. The fourth-order valence-corrected chi connectivity index (χ4v) is 5.28. The molecule has 0 unspecified atom stereocenters. The van der Waals surface area contributed by atoms with Gasteiger partial charge >= 0.3 is 0 Å². The Morgan fingerprint density at radius 3 is 2.73 bits per heavy atom. The molecule has 0 saturated heterocycles. The summed E-state index contributed by atoms with van der Waals surface area (Å²) in [5.74, 6) is 0.964. The third-order valence-electron chi connectivity index (χ3n) is 5.02. The van der Waals surface area contributed by atoms with Crippen molar-refractivity contribution in [2.45, 2.75) is 20.4 Å². The molecule has 0 aliphatic heterocycles. The zero-order valence-electron chi connectivity index (χ0n) is 16.1. The van der Waals surface area contributed by atoms with Gasteiger partial charge in [0.25, 0.3) is 5.56 Å². The maximum absolute atomic E-state index is 13.5. The first-order valence-electron chi connectivity index (χ1n) is 9.14. The summed E-state index contributed by atoms with van der Waals surface area (Å²) >= 11 is 3.59. The number of halogens is 1. The molecule has 0 amide bonds. The van der Waals surface area contributed by atoms with E-state index in [-0.39, 0.29) is 12.1 Å². The van der Waals surface area contributed by atoms with Gasteiger partial charge in [-0.3, -0.25) is 9.36 Å². The highest BCUT2D eigenvalue weighted by Gasteiger charge is 2.20. The molecule has 30 heavy (non-hydrogen) atoms.